The quantitative estimate of drug-likeness (QED) is 0.164. The van der Waals surface area contributed by atoms with Gasteiger partial charge in [0.1, 0.15) is 13.2 Å². The van der Waals surface area contributed by atoms with Gasteiger partial charge in [-0.25, -0.2) is 0 Å². The summed E-state index contributed by atoms with van der Waals surface area (Å²) in [7, 11) is 0. The van der Waals surface area contributed by atoms with Crippen molar-refractivity contribution >= 4 is 0 Å². The molecule has 0 bridgehead atoms. The van der Waals surface area contributed by atoms with Crippen molar-refractivity contribution in [3.8, 4) is 0 Å². The fraction of sp³-hybridized carbons (Fsp3) is 0.333. The Labute approximate surface area is 289 Å². The third-order valence-corrected chi connectivity index (χ3v) is 6.99. The van der Waals surface area contributed by atoms with Crippen molar-refractivity contribution in [2.75, 3.05) is 13.2 Å². The molecule has 2 fully saturated rings. The molecule has 0 saturated carbocycles. The molecule has 0 N–H and O–H groups in total. The van der Waals surface area contributed by atoms with Crippen molar-refractivity contribution in [2.45, 2.75) is 50.2 Å². The van der Waals surface area contributed by atoms with Crippen molar-refractivity contribution < 1.29 is 45.9 Å². The van der Waals surface area contributed by atoms with E-state index in [0.717, 1.165) is 9.52 Å². The number of nitrogens with zero attached hydrogens (tertiary/aromatic N) is 8. The Balaban J connectivity index is 0.000000275. The van der Waals surface area contributed by atoms with Crippen molar-refractivity contribution in [3.63, 3.8) is 0 Å². The molecule has 18 nitrogen and oxygen atoms in total. The molecule has 261 valence electrons. The zero-order chi connectivity index (χ0) is 35.6. The van der Waals surface area contributed by atoms with Gasteiger partial charge < -0.3 is 30.6 Å². The average molecular weight is 724 g/mol. The molecule has 2 aliphatic rings. The summed E-state index contributed by atoms with van der Waals surface area (Å²) in [6, 6.07) is 21.8. The van der Waals surface area contributed by atoms with Gasteiger partial charge in [0.15, 0.2) is 22.8 Å². The predicted octanol–water partition coefficient (Wildman–Crippen LogP) is 4.05. The largest absolute Gasteiger partial charge is 0.402 e. The van der Waals surface area contributed by atoms with E-state index in [0.29, 0.717) is 36.0 Å². The number of hydrogen-bond acceptors (Lipinski definition) is 14. The SMILES string of the molecule is CC1(C)COC(c2ccccn2)(c2ccccn2)[N+]1=O.CC1(C)COC(c2ccccn2)(c2ccccn2)[N+]1=O.O=[N+]([O-])[O-].O=[N+]([O-])[O-].[Co]. The Morgan fingerprint density at radius 3 is 0.918 bits per heavy atom. The summed E-state index contributed by atoms with van der Waals surface area (Å²) < 4.78 is 13.8. The first kappa shape index (κ1) is 39.8. The Kier molecular flexibility index (Phi) is 13.5. The minimum absolute atomic E-state index is 0. The van der Waals surface area contributed by atoms with E-state index in [1.54, 1.807) is 49.1 Å². The third kappa shape index (κ3) is 8.96. The minimum atomic E-state index is -1.75. The van der Waals surface area contributed by atoms with Gasteiger partial charge in [-0.1, -0.05) is 24.3 Å². The van der Waals surface area contributed by atoms with Gasteiger partial charge in [-0.15, -0.1) is 0 Å². The maximum absolute atomic E-state index is 12.9. The first-order valence-corrected chi connectivity index (χ1v) is 14.1. The molecule has 4 aromatic rings. The fourth-order valence-electron chi connectivity index (χ4n) is 4.88. The summed E-state index contributed by atoms with van der Waals surface area (Å²) in [5, 5.41) is 29.5. The standard InChI is InChI=1S/2C15H16N3O2.Co.2NO3/c2*1-14(2)11-20-15(18(14)19,12-7-3-5-9-16-12)13-8-4-6-10-17-13;;2*2-1(3)4/h2*3-10H,11H2,1-2H3;;;/q2*+1;;2*-1. The van der Waals surface area contributed by atoms with Crippen LogP contribution < -0.4 is 0 Å². The normalized spacial score (nSPS) is 17.3. The molecule has 0 atom stereocenters. The van der Waals surface area contributed by atoms with E-state index in [4.69, 9.17) is 40.1 Å². The summed E-state index contributed by atoms with van der Waals surface area (Å²) in [4.78, 5) is 59.5. The van der Waals surface area contributed by atoms with Crippen LogP contribution in [0.1, 0.15) is 50.5 Å². The fourth-order valence-corrected chi connectivity index (χ4v) is 4.88. The molecule has 4 aromatic heterocycles. The molecular formula is C30H32CoN8O10. The molecule has 6 heterocycles. The van der Waals surface area contributed by atoms with Gasteiger partial charge in [0.2, 0.25) is 11.1 Å². The topological polar surface area (TPSA) is 243 Å². The Bertz CT molecular complexity index is 1490. The van der Waals surface area contributed by atoms with E-state index in [-0.39, 0.29) is 16.8 Å². The Morgan fingerprint density at radius 2 is 0.776 bits per heavy atom. The summed E-state index contributed by atoms with van der Waals surface area (Å²) in [5.74, 6) is 0. The molecule has 0 spiro atoms. The molecule has 49 heavy (non-hydrogen) atoms. The van der Waals surface area contributed by atoms with Crippen LogP contribution in [0.4, 0.5) is 0 Å². The van der Waals surface area contributed by atoms with E-state index < -0.39 is 32.7 Å². The van der Waals surface area contributed by atoms with Crippen molar-refractivity contribution in [1.29, 1.82) is 0 Å². The summed E-state index contributed by atoms with van der Waals surface area (Å²) in [6.45, 7) is 8.07. The molecule has 2 aliphatic heterocycles. The number of hydrogen-bond donors (Lipinski definition) is 0. The molecular weight excluding hydrogens is 691 g/mol. The van der Waals surface area contributed by atoms with Crippen LogP contribution in [0, 0.1) is 40.5 Å². The molecule has 0 aliphatic carbocycles. The van der Waals surface area contributed by atoms with Crippen LogP contribution in [0.3, 0.4) is 0 Å². The zero-order valence-electron chi connectivity index (χ0n) is 26.6. The number of rotatable bonds is 4. The molecule has 2 saturated heterocycles. The smallest absolute Gasteiger partial charge is 0.356 e. The van der Waals surface area contributed by atoms with Crippen LogP contribution in [-0.4, -0.2) is 63.9 Å². The van der Waals surface area contributed by atoms with Crippen molar-refractivity contribution in [2.24, 2.45) is 0 Å². The van der Waals surface area contributed by atoms with Gasteiger partial charge in [-0.05, 0) is 48.5 Å². The number of nitroso groups, excluding NO2 is 2. The second-order valence-corrected chi connectivity index (χ2v) is 11.4. The summed E-state index contributed by atoms with van der Waals surface area (Å²) in [6.07, 6.45) is 6.62. The van der Waals surface area contributed by atoms with Gasteiger partial charge in [-0.2, -0.15) is 0 Å². The molecule has 0 aromatic carbocycles. The number of pyridine rings is 4. The van der Waals surface area contributed by atoms with E-state index in [1.807, 2.05) is 76.2 Å². The van der Waals surface area contributed by atoms with Crippen LogP contribution in [0.5, 0.6) is 0 Å². The van der Waals surface area contributed by atoms with Crippen LogP contribution in [0.25, 0.3) is 0 Å². The summed E-state index contributed by atoms with van der Waals surface area (Å²) in [5.41, 5.74) is -1.58. The maximum atomic E-state index is 12.9. The van der Waals surface area contributed by atoms with E-state index >= 15 is 0 Å². The number of aromatic nitrogens is 4. The van der Waals surface area contributed by atoms with E-state index in [1.165, 1.54) is 0 Å². The third-order valence-electron chi connectivity index (χ3n) is 6.99. The van der Waals surface area contributed by atoms with E-state index in [9.17, 15) is 9.81 Å². The minimum Gasteiger partial charge on any atom is -0.356 e. The Morgan fingerprint density at radius 1 is 0.551 bits per heavy atom. The maximum Gasteiger partial charge on any atom is 0.402 e. The first-order valence-electron chi connectivity index (χ1n) is 14.1. The van der Waals surface area contributed by atoms with Gasteiger partial charge in [0, 0.05) is 79.1 Å². The Hall–Kier alpha value is -5.37. The molecule has 19 heteroatoms. The monoisotopic (exact) mass is 723 g/mol. The van der Waals surface area contributed by atoms with Gasteiger partial charge in [0.05, 0.1) is 19.7 Å². The van der Waals surface area contributed by atoms with Gasteiger partial charge >= 0.3 is 11.4 Å². The number of ether oxygens (including phenoxy) is 2. The second-order valence-electron chi connectivity index (χ2n) is 11.4. The van der Waals surface area contributed by atoms with Crippen LogP contribution in [0.15, 0.2) is 97.6 Å². The van der Waals surface area contributed by atoms with E-state index in [2.05, 4.69) is 19.9 Å². The second kappa shape index (κ2) is 16.6. The predicted molar refractivity (Wildman–Crippen MR) is 167 cm³/mol. The zero-order valence-corrected chi connectivity index (χ0v) is 27.7. The average Bonchev–Trinajstić information content (AvgIpc) is 3.46. The molecule has 6 rings (SSSR count). The van der Waals surface area contributed by atoms with Gasteiger partial charge in [-0.3, -0.25) is 29.4 Å². The van der Waals surface area contributed by atoms with Crippen molar-refractivity contribution in [1.82, 2.24) is 19.9 Å². The van der Waals surface area contributed by atoms with Gasteiger partial charge in [0.25, 0.3) is 0 Å². The molecule has 0 amide bonds. The summed E-state index contributed by atoms with van der Waals surface area (Å²) >= 11 is 0. The van der Waals surface area contributed by atoms with Crippen LogP contribution in [0.2, 0.25) is 0 Å². The van der Waals surface area contributed by atoms with Crippen molar-refractivity contribution in [3.05, 3.63) is 161 Å². The first-order chi connectivity index (χ1) is 22.6. The molecule has 0 unspecified atom stereocenters. The molecule has 1 radical (unpaired) electrons. The van der Waals surface area contributed by atoms with Crippen LogP contribution in [-0.2, 0) is 37.7 Å². The van der Waals surface area contributed by atoms with Crippen LogP contribution >= 0.6 is 0 Å².